The number of rotatable bonds is 3. The van der Waals surface area contributed by atoms with Crippen molar-refractivity contribution in [3.05, 3.63) is 24.3 Å². The molecule has 0 N–H and O–H groups in total. The van der Waals surface area contributed by atoms with Gasteiger partial charge in [0, 0.05) is 12.1 Å². The molecule has 1 fully saturated rings. The first-order valence-corrected chi connectivity index (χ1v) is 7.41. The lowest BCUT2D eigenvalue weighted by molar-refractivity contribution is -0.142. The summed E-state index contributed by atoms with van der Waals surface area (Å²) in [6, 6.07) is 8.06. The molecule has 1 aliphatic rings. The fourth-order valence-electron chi connectivity index (χ4n) is 3.05. The lowest BCUT2D eigenvalue weighted by Crippen LogP contribution is -2.49. The minimum atomic E-state index is -0.0119. The second-order valence-corrected chi connectivity index (χ2v) is 5.65. The number of carbonyl (C=O) groups excluding carboxylic acids is 1. The standard InChI is InChI=1S/C15H20N4O2/c1-11-6-5-7-12(2)18(11)15(20)10-21-19-14-9-4-3-8-13(14)16-17-19/h3-4,8-9,11-12H,5-7,10H2,1-2H3/t11-,12-/m0/s1. The third-order valence-corrected chi connectivity index (χ3v) is 4.11. The van der Waals surface area contributed by atoms with Gasteiger partial charge < -0.3 is 9.74 Å². The molecule has 6 nitrogen and oxygen atoms in total. The highest BCUT2D eigenvalue weighted by Gasteiger charge is 2.29. The SMILES string of the molecule is C[C@H]1CCC[C@H](C)N1C(=O)COn1nnc2ccccc21. The van der Waals surface area contributed by atoms with E-state index in [0.717, 1.165) is 23.9 Å². The Morgan fingerprint density at radius 3 is 2.76 bits per heavy atom. The highest BCUT2D eigenvalue weighted by atomic mass is 16.7. The molecule has 3 rings (SSSR count). The van der Waals surface area contributed by atoms with Gasteiger partial charge in [-0.1, -0.05) is 17.0 Å². The van der Waals surface area contributed by atoms with Crippen LogP contribution in [0.4, 0.5) is 0 Å². The van der Waals surface area contributed by atoms with Gasteiger partial charge in [-0.05, 0) is 50.5 Å². The summed E-state index contributed by atoms with van der Waals surface area (Å²) < 4.78 is 0. The van der Waals surface area contributed by atoms with Crippen LogP contribution in [0.25, 0.3) is 11.0 Å². The van der Waals surface area contributed by atoms with Crippen LogP contribution in [0.15, 0.2) is 24.3 Å². The number of hydrogen-bond donors (Lipinski definition) is 0. The van der Waals surface area contributed by atoms with E-state index >= 15 is 0 Å². The predicted octanol–water partition coefficient (Wildman–Crippen LogP) is 1.65. The summed E-state index contributed by atoms with van der Waals surface area (Å²) in [5.74, 6) is 0.00859. The van der Waals surface area contributed by atoms with Crippen LogP contribution in [0.2, 0.25) is 0 Å². The van der Waals surface area contributed by atoms with Gasteiger partial charge in [0.1, 0.15) is 11.0 Å². The largest absolute Gasteiger partial charge is 0.385 e. The summed E-state index contributed by atoms with van der Waals surface area (Å²) in [6.07, 6.45) is 3.30. The number of para-hydroxylation sites is 1. The van der Waals surface area contributed by atoms with Gasteiger partial charge in [0.05, 0.1) is 0 Å². The van der Waals surface area contributed by atoms with Gasteiger partial charge in [-0.25, -0.2) is 0 Å². The maximum Gasteiger partial charge on any atom is 0.263 e. The Kier molecular flexibility index (Phi) is 3.77. The van der Waals surface area contributed by atoms with Crippen LogP contribution in [0.5, 0.6) is 0 Å². The third kappa shape index (κ3) is 2.70. The molecule has 0 radical (unpaired) electrons. The first-order valence-electron chi connectivity index (χ1n) is 7.41. The summed E-state index contributed by atoms with van der Waals surface area (Å²) in [5, 5.41) is 7.93. The number of fused-ring (bicyclic) bond motifs is 1. The minimum Gasteiger partial charge on any atom is -0.385 e. The number of likely N-dealkylation sites (tertiary alicyclic amines) is 1. The van der Waals surface area contributed by atoms with E-state index in [-0.39, 0.29) is 24.6 Å². The average Bonchev–Trinajstić information content (AvgIpc) is 2.88. The molecule has 1 aromatic heterocycles. The van der Waals surface area contributed by atoms with E-state index in [4.69, 9.17) is 4.84 Å². The zero-order valence-electron chi connectivity index (χ0n) is 12.4. The molecule has 1 saturated heterocycles. The number of hydrogen-bond acceptors (Lipinski definition) is 4. The van der Waals surface area contributed by atoms with E-state index in [9.17, 15) is 4.79 Å². The fourth-order valence-corrected chi connectivity index (χ4v) is 3.05. The Morgan fingerprint density at radius 2 is 2.00 bits per heavy atom. The van der Waals surface area contributed by atoms with Gasteiger partial charge in [-0.15, -0.1) is 5.10 Å². The molecular formula is C15H20N4O2. The van der Waals surface area contributed by atoms with Gasteiger partial charge in [0.2, 0.25) is 0 Å². The molecule has 2 aromatic rings. The number of benzene rings is 1. The summed E-state index contributed by atoms with van der Waals surface area (Å²) in [4.78, 5) is 21.2. The lowest BCUT2D eigenvalue weighted by Gasteiger charge is -2.38. The van der Waals surface area contributed by atoms with Crippen molar-refractivity contribution in [3.63, 3.8) is 0 Å². The van der Waals surface area contributed by atoms with Crippen molar-refractivity contribution in [2.45, 2.75) is 45.2 Å². The molecule has 0 unspecified atom stereocenters. The summed E-state index contributed by atoms with van der Waals surface area (Å²) in [5.41, 5.74) is 1.52. The topological polar surface area (TPSA) is 60.2 Å². The Bertz CT molecular complexity index is 629. The van der Waals surface area contributed by atoms with E-state index in [1.165, 1.54) is 11.3 Å². The van der Waals surface area contributed by atoms with E-state index < -0.39 is 0 Å². The van der Waals surface area contributed by atoms with Crippen molar-refractivity contribution in [2.75, 3.05) is 6.61 Å². The van der Waals surface area contributed by atoms with E-state index in [1.54, 1.807) is 0 Å². The second-order valence-electron chi connectivity index (χ2n) is 5.65. The van der Waals surface area contributed by atoms with Crippen molar-refractivity contribution in [1.29, 1.82) is 0 Å². The molecule has 0 saturated carbocycles. The normalized spacial score (nSPS) is 22.5. The zero-order chi connectivity index (χ0) is 14.8. The maximum absolute atomic E-state index is 12.4. The monoisotopic (exact) mass is 288 g/mol. The highest BCUT2D eigenvalue weighted by molar-refractivity contribution is 5.78. The quantitative estimate of drug-likeness (QED) is 0.861. The molecule has 1 aromatic carbocycles. The van der Waals surface area contributed by atoms with Gasteiger partial charge in [-0.2, -0.15) is 0 Å². The summed E-state index contributed by atoms with van der Waals surface area (Å²) >= 11 is 0. The van der Waals surface area contributed by atoms with Crippen molar-refractivity contribution >= 4 is 16.9 Å². The van der Waals surface area contributed by atoms with Crippen molar-refractivity contribution < 1.29 is 9.63 Å². The maximum atomic E-state index is 12.4. The number of amides is 1. The molecule has 0 aliphatic carbocycles. The first-order chi connectivity index (χ1) is 10.2. The van der Waals surface area contributed by atoms with Gasteiger partial charge in [-0.3, -0.25) is 4.79 Å². The molecule has 2 atom stereocenters. The van der Waals surface area contributed by atoms with Crippen molar-refractivity contribution in [1.82, 2.24) is 20.1 Å². The summed E-state index contributed by atoms with van der Waals surface area (Å²) in [7, 11) is 0. The summed E-state index contributed by atoms with van der Waals surface area (Å²) in [6.45, 7) is 4.18. The molecule has 6 heteroatoms. The molecule has 0 bridgehead atoms. The number of aromatic nitrogens is 3. The minimum absolute atomic E-state index is 0.00859. The van der Waals surface area contributed by atoms with Gasteiger partial charge in [0.25, 0.3) is 5.91 Å². The molecule has 2 heterocycles. The van der Waals surface area contributed by atoms with Crippen molar-refractivity contribution in [3.8, 4) is 0 Å². The fraction of sp³-hybridized carbons (Fsp3) is 0.533. The Labute approximate surface area is 123 Å². The third-order valence-electron chi connectivity index (χ3n) is 4.11. The van der Waals surface area contributed by atoms with Crippen LogP contribution >= 0.6 is 0 Å². The molecule has 0 spiro atoms. The second kappa shape index (κ2) is 5.71. The Morgan fingerprint density at radius 1 is 1.29 bits per heavy atom. The van der Waals surface area contributed by atoms with Crippen LogP contribution in [0.1, 0.15) is 33.1 Å². The lowest BCUT2D eigenvalue weighted by atomic mass is 9.97. The molecular weight excluding hydrogens is 268 g/mol. The van der Waals surface area contributed by atoms with E-state index in [0.29, 0.717) is 0 Å². The molecule has 21 heavy (non-hydrogen) atoms. The molecule has 1 aliphatic heterocycles. The van der Waals surface area contributed by atoms with Crippen molar-refractivity contribution in [2.24, 2.45) is 0 Å². The zero-order valence-corrected chi connectivity index (χ0v) is 12.4. The van der Waals surface area contributed by atoms with Crippen LogP contribution in [0.3, 0.4) is 0 Å². The number of nitrogens with zero attached hydrogens (tertiary/aromatic N) is 4. The van der Waals surface area contributed by atoms with Crippen LogP contribution in [-0.2, 0) is 4.79 Å². The number of piperidine rings is 1. The predicted molar refractivity (Wildman–Crippen MR) is 78.6 cm³/mol. The first kappa shape index (κ1) is 13.9. The van der Waals surface area contributed by atoms with Crippen LogP contribution in [0, 0.1) is 0 Å². The highest BCUT2D eigenvalue weighted by Crippen LogP contribution is 2.22. The number of carbonyl (C=O) groups is 1. The van der Waals surface area contributed by atoms with Crippen LogP contribution in [-0.4, -0.2) is 44.7 Å². The molecule has 1 amide bonds. The average molecular weight is 288 g/mol. The van der Waals surface area contributed by atoms with E-state index in [1.807, 2.05) is 29.2 Å². The Balaban J connectivity index is 1.68. The smallest absolute Gasteiger partial charge is 0.263 e. The van der Waals surface area contributed by atoms with Gasteiger partial charge in [0.15, 0.2) is 6.61 Å². The van der Waals surface area contributed by atoms with E-state index in [2.05, 4.69) is 24.2 Å². The Hall–Kier alpha value is -2.11. The van der Waals surface area contributed by atoms with Gasteiger partial charge >= 0.3 is 0 Å². The molecule has 112 valence electrons. The van der Waals surface area contributed by atoms with Crippen LogP contribution < -0.4 is 4.84 Å².